The van der Waals surface area contributed by atoms with E-state index in [4.69, 9.17) is 18.9 Å². The van der Waals surface area contributed by atoms with Gasteiger partial charge in [-0.15, -0.1) is 0 Å². The van der Waals surface area contributed by atoms with Gasteiger partial charge < -0.3 is 40.0 Å². The molecule has 3 aromatic carbocycles. The molecular weight excluding hydrogens is 566 g/mol. The van der Waals surface area contributed by atoms with E-state index in [1.165, 1.54) is 0 Å². The van der Waals surface area contributed by atoms with E-state index in [0.29, 0.717) is 0 Å². The number of aliphatic hydroxyl groups is 1. The zero-order valence-corrected chi connectivity index (χ0v) is 24.9. The van der Waals surface area contributed by atoms with Crippen LogP contribution in [0.4, 0.5) is 14.4 Å². The van der Waals surface area contributed by atoms with Crippen molar-refractivity contribution in [1.82, 2.24) is 16.0 Å². The van der Waals surface area contributed by atoms with Crippen molar-refractivity contribution in [1.29, 1.82) is 0 Å². The molecule has 0 aliphatic carbocycles. The largest absolute Gasteiger partial charge is 0.447 e. The lowest BCUT2D eigenvalue weighted by molar-refractivity contribution is -0.250. The highest BCUT2D eigenvalue weighted by atomic mass is 16.7. The first-order valence-corrected chi connectivity index (χ1v) is 14.6. The summed E-state index contributed by atoms with van der Waals surface area (Å²) in [6.45, 7) is 5.17. The molecule has 44 heavy (non-hydrogen) atoms. The lowest BCUT2D eigenvalue weighted by Crippen LogP contribution is -2.54. The number of amides is 3. The zero-order chi connectivity index (χ0) is 31.5. The van der Waals surface area contributed by atoms with Crippen LogP contribution in [-0.2, 0) is 18.9 Å². The molecule has 0 saturated carbocycles. The molecule has 0 radical (unpaired) electrons. The van der Waals surface area contributed by atoms with Crippen LogP contribution in [0.5, 0.6) is 0 Å². The molecule has 11 heteroatoms. The third-order valence-electron chi connectivity index (χ3n) is 7.28. The summed E-state index contributed by atoms with van der Waals surface area (Å²) < 4.78 is 22.2. The van der Waals surface area contributed by atoms with Crippen molar-refractivity contribution in [2.75, 3.05) is 6.61 Å². The third-order valence-corrected chi connectivity index (χ3v) is 7.28. The number of rotatable bonds is 10. The number of hydrogen-bond acceptors (Lipinski definition) is 8. The Morgan fingerprint density at radius 3 is 1.57 bits per heavy atom. The highest BCUT2D eigenvalue weighted by Crippen LogP contribution is 2.26. The Bertz CT molecular complexity index is 1340. The van der Waals surface area contributed by atoms with Gasteiger partial charge in [0, 0.05) is 6.42 Å². The van der Waals surface area contributed by atoms with E-state index in [1.807, 2.05) is 97.9 Å². The molecule has 0 bridgehead atoms. The second kappa shape index (κ2) is 15.7. The molecule has 7 atom stereocenters. The Morgan fingerprint density at radius 2 is 1.11 bits per heavy atom. The number of carbonyl (C=O) groups is 3. The molecule has 0 aromatic heterocycles. The van der Waals surface area contributed by atoms with Gasteiger partial charge in [0.2, 0.25) is 0 Å². The summed E-state index contributed by atoms with van der Waals surface area (Å²) in [5.41, 5.74) is 2.61. The van der Waals surface area contributed by atoms with Crippen molar-refractivity contribution in [3.05, 3.63) is 108 Å². The highest BCUT2D eigenvalue weighted by molar-refractivity contribution is 5.69. The second-order valence-corrected chi connectivity index (χ2v) is 10.6. The lowest BCUT2D eigenvalue weighted by atomic mass is 10.0. The molecule has 4 rings (SSSR count). The van der Waals surface area contributed by atoms with Crippen LogP contribution in [-0.4, -0.2) is 54.6 Å². The molecule has 1 heterocycles. The molecule has 4 N–H and O–H groups in total. The average Bonchev–Trinajstić information content (AvgIpc) is 3.02. The Labute approximate surface area is 256 Å². The molecule has 3 amide bonds. The fraction of sp³-hybridized carbons (Fsp3) is 0.364. The number of hydrogen-bond donors (Lipinski definition) is 4. The second-order valence-electron chi connectivity index (χ2n) is 10.6. The summed E-state index contributed by atoms with van der Waals surface area (Å²) in [4.78, 5) is 38.2. The minimum atomic E-state index is -1.66. The number of ether oxygens (including phenoxy) is 4. The van der Waals surface area contributed by atoms with E-state index in [2.05, 4.69) is 16.0 Å². The van der Waals surface area contributed by atoms with Gasteiger partial charge in [0.05, 0.1) is 24.2 Å². The summed E-state index contributed by atoms with van der Waals surface area (Å²) in [5.74, 6) is 0. The molecule has 234 valence electrons. The van der Waals surface area contributed by atoms with Crippen molar-refractivity contribution in [3.8, 4) is 0 Å². The minimum Gasteiger partial charge on any atom is -0.447 e. The van der Waals surface area contributed by atoms with Gasteiger partial charge in [-0.1, -0.05) is 91.0 Å². The van der Waals surface area contributed by atoms with Crippen LogP contribution in [0.1, 0.15) is 62.0 Å². The minimum absolute atomic E-state index is 0.0160. The zero-order valence-electron chi connectivity index (χ0n) is 24.9. The number of carbonyl (C=O) groups excluding carboxylic acids is 3. The van der Waals surface area contributed by atoms with Crippen molar-refractivity contribution in [2.24, 2.45) is 0 Å². The fourth-order valence-electron chi connectivity index (χ4n) is 4.81. The van der Waals surface area contributed by atoms with E-state index < -0.39 is 48.9 Å². The van der Waals surface area contributed by atoms with E-state index in [0.717, 1.165) is 16.7 Å². The fourth-order valence-corrected chi connectivity index (χ4v) is 4.81. The first-order chi connectivity index (χ1) is 21.2. The maximum absolute atomic E-state index is 12.9. The maximum atomic E-state index is 12.9. The van der Waals surface area contributed by atoms with E-state index in [1.54, 1.807) is 13.8 Å². The summed E-state index contributed by atoms with van der Waals surface area (Å²) in [7, 11) is 0. The molecule has 0 unspecified atom stereocenters. The van der Waals surface area contributed by atoms with Crippen LogP contribution in [0.2, 0.25) is 0 Å². The summed E-state index contributed by atoms with van der Waals surface area (Å²) in [6.07, 6.45) is -7.27. The summed E-state index contributed by atoms with van der Waals surface area (Å²) in [5, 5.41) is 19.1. The molecule has 1 aliphatic rings. The van der Waals surface area contributed by atoms with E-state index >= 15 is 0 Å². The van der Waals surface area contributed by atoms with E-state index in [-0.39, 0.29) is 25.1 Å². The predicted octanol–water partition coefficient (Wildman–Crippen LogP) is 5.29. The van der Waals surface area contributed by atoms with Crippen LogP contribution in [0.25, 0.3) is 0 Å². The van der Waals surface area contributed by atoms with Gasteiger partial charge in [-0.25, -0.2) is 14.4 Å². The maximum Gasteiger partial charge on any atom is 0.408 e. The smallest absolute Gasteiger partial charge is 0.408 e. The van der Waals surface area contributed by atoms with Crippen molar-refractivity contribution >= 4 is 18.3 Å². The molecule has 0 spiro atoms. The summed E-state index contributed by atoms with van der Waals surface area (Å²) >= 11 is 0. The number of aliphatic hydroxyl groups excluding tert-OH is 1. The molecule has 1 saturated heterocycles. The van der Waals surface area contributed by atoms with Gasteiger partial charge in [-0.3, -0.25) is 0 Å². The van der Waals surface area contributed by atoms with Gasteiger partial charge in [-0.2, -0.15) is 0 Å². The van der Waals surface area contributed by atoms with Crippen LogP contribution in [0, 0.1) is 0 Å². The van der Waals surface area contributed by atoms with Gasteiger partial charge in [0.25, 0.3) is 0 Å². The quantitative estimate of drug-likeness (QED) is 0.228. The standard InChI is InChI=1S/C33H39N3O8/c1-21(24-13-7-4-8-14-24)34-31(38)41-20-27-19-28(43-32(39)35-22(2)25-15-9-5-10-16-25)29(30(37)42-27)44-33(40)36-23(3)26-17-11-6-12-18-26/h4-18,21-23,27-30,37H,19-20H2,1-3H3,(H,34,38)(H,35,39)(H,36,40)/t21-,22-,23-,27-,28-,29+,30-/m0/s1. The van der Waals surface area contributed by atoms with Crippen LogP contribution >= 0.6 is 0 Å². The van der Waals surface area contributed by atoms with Crippen molar-refractivity contribution in [2.45, 2.75) is 69.9 Å². The first-order valence-electron chi connectivity index (χ1n) is 14.6. The Kier molecular flexibility index (Phi) is 11.6. The Balaban J connectivity index is 1.38. The molecular formula is C33H39N3O8. The van der Waals surface area contributed by atoms with Crippen LogP contribution in [0.15, 0.2) is 91.0 Å². The van der Waals surface area contributed by atoms with Crippen LogP contribution < -0.4 is 16.0 Å². The molecule has 1 fully saturated rings. The van der Waals surface area contributed by atoms with Gasteiger partial charge >= 0.3 is 18.3 Å². The normalized spacial score (nSPS) is 21.5. The van der Waals surface area contributed by atoms with Gasteiger partial charge in [0.1, 0.15) is 12.7 Å². The number of alkyl carbamates (subject to hydrolysis) is 3. The lowest BCUT2D eigenvalue weighted by Gasteiger charge is -2.38. The van der Waals surface area contributed by atoms with Crippen molar-refractivity contribution in [3.63, 3.8) is 0 Å². The Hall–Kier alpha value is -4.61. The molecule has 3 aromatic rings. The third kappa shape index (κ3) is 9.45. The topological polar surface area (TPSA) is 144 Å². The number of nitrogens with one attached hydrogen (secondary N) is 3. The number of benzene rings is 3. The highest BCUT2D eigenvalue weighted by Gasteiger charge is 2.44. The van der Waals surface area contributed by atoms with Crippen molar-refractivity contribution < 1.29 is 38.4 Å². The molecule has 1 aliphatic heterocycles. The monoisotopic (exact) mass is 605 g/mol. The van der Waals surface area contributed by atoms with Crippen LogP contribution in [0.3, 0.4) is 0 Å². The molecule has 11 nitrogen and oxygen atoms in total. The summed E-state index contributed by atoms with van der Waals surface area (Å²) in [6, 6.07) is 26.9. The predicted molar refractivity (Wildman–Crippen MR) is 161 cm³/mol. The Morgan fingerprint density at radius 1 is 0.705 bits per heavy atom. The average molecular weight is 606 g/mol. The SMILES string of the molecule is C[C@H](NC(=O)OC[C@@H]1C[C@H](OC(=O)N[C@@H](C)c2ccccc2)[C@@H](OC(=O)N[C@@H](C)c2ccccc2)[C@@H](O)O1)c1ccccc1. The van der Waals surface area contributed by atoms with Gasteiger partial charge in [0.15, 0.2) is 12.4 Å². The van der Waals surface area contributed by atoms with Gasteiger partial charge in [-0.05, 0) is 37.5 Å². The first kappa shape index (κ1) is 32.3. The van der Waals surface area contributed by atoms with E-state index in [9.17, 15) is 19.5 Å².